The molecule has 1 N–H and O–H groups in total. The summed E-state index contributed by atoms with van der Waals surface area (Å²) in [6, 6.07) is 0. The molecule has 2 atom stereocenters. The molecule has 0 rings (SSSR count). The second-order valence-electron chi connectivity index (χ2n) is 10.4. The van der Waals surface area contributed by atoms with Gasteiger partial charge in [-0.3, -0.25) is 4.57 Å². The summed E-state index contributed by atoms with van der Waals surface area (Å²) in [7, 11) is 2.36. The number of nitrogens with zero attached hydrogens (tertiary/aromatic N) is 1. The highest BCUT2D eigenvalue weighted by atomic mass is 31.2. The fourth-order valence-electron chi connectivity index (χ4n) is 4.30. The van der Waals surface area contributed by atoms with Gasteiger partial charge in [-0.2, -0.15) is 0 Å². The van der Waals surface area contributed by atoms with Crippen molar-refractivity contribution in [3.05, 3.63) is 12.2 Å². The maximum Gasteiger partial charge on any atom is 0.385 e. The van der Waals surface area contributed by atoms with Crippen LogP contribution in [0.5, 0.6) is 0 Å². The van der Waals surface area contributed by atoms with Crippen LogP contribution in [0.4, 0.5) is 0 Å². The van der Waals surface area contributed by atoms with Crippen molar-refractivity contribution < 1.29 is 18.5 Å². The van der Waals surface area contributed by atoms with Gasteiger partial charge in [-0.1, -0.05) is 103 Å². The Morgan fingerprint density at radius 3 is 1.59 bits per heavy atom. The average Bonchev–Trinajstić information content (AvgIpc) is 2.72. The summed E-state index contributed by atoms with van der Waals surface area (Å²) in [6.45, 7) is 4.66. The van der Waals surface area contributed by atoms with E-state index in [2.05, 4.69) is 26.0 Å². The van der Waals surface area contributed by atoms with Crippen LogP contribution in [0, 0.1) is 0 Å². The minimum absolute atomic E-state index is 0.333. The van der Waals surface area contributed by atoms with Gasteiger partial charge < -0.3 is 13.9 Å². The first-order chi connectivity index (χ1) is 15.3. The molecule has 0 aliphatic heterocycles. The quantitative estimate of drug-likeness (QED) is 0.0696. The highest BCUT2D eigenvalue weighted by molar-refractivity contribution is 7.53. The minimum Gasteiger partial charge on any atom is -0.320 e. The van der Waals surface area contributed by atoms with Crippen LogP contribution in [0.15, 0.2) is 12.2 Å². The van der Waals surface area contributed by atoms with E-state index in [0.717, 1.165) is 19.3 Å². The normalized spacial score (nSPS) is 15.3. The van der Waals surface area contributed by atoms with Crippen LogP contribution in [0.3, 0.4) is 0 Å². The third kappa shape index (κ3) is 18.3. The molecule has 0 saturated heterocycles. The van der Waals surface area contributed by atoms with E-state index in [4.69, 9.17) is 4.52 Å². The standard InChI is InChI=1S/C27H56NO3P/c1-6-8-9-10-11-12-13-14-15-16-17-18-19-20-21-22-23-24-26-31-32(29,30)27(25-7-2)28(3,4)5/h8-9,27H,6-7,10-26H2,1-5H3/p+1. The molecule has 5 heteroatoms. The Hall–Kier alpha value is -0.150. The lowest BCUT2D eigenvalue weighted by atomic mass is 10.0. The third-order valence-electron chi connectivity index (χ3n) is 6.26. The monoisotopic (exact) mass is 474 g/mol. The second-order valence-corrected chi connectivity index (χ2v) is 12.4. The Morgan fingerprint density at radius 1 is 0.750 bits per heavy atom. The number of allylic oxidation sites excluding steroid dienone is 2. The largest absolute Gasteiger partial charge is 0.385 e. The molecule has 0 aromatic rings. The summed E-state index contributed by atoms with van der Waals surface area (Å²) < 4.78 is 18.6. The summed E-state index contributed by atoms with van der Waals surface area (Å²) in [5.74, 6) is -0.333. The molecule has 0 heterocycles. The first kappa shape index (κ1) is 31.9. The Labute approximate surface area is 201 Å². The van der Waals surface area contributed by atoms with Gasteiger partial charge in [0, 0.05) is 6.42 Å². The molecule has 0 fully saturated rings. The fourth-order valence-corrected chi connectivity index (χ4v) is 6.32. The van der Waals surface area contributed by atoms with Crippen LogP contribution < -0.4 is 0 Å². The van der Waals surface area contributed by atoms with Gasteiger partial charge in [-0.15, -0.1) is 0 Å². The molecule has 0 aliphatic rings. The smallest absolute Gasteiger partial charge is 0.320 e. The predicted molar refractivity (Wildman–Crippen MR) is 141 cm³/mol. The lowest BCUT2D eigenvalue weighted by Crippen LogP contribution is -2.45. The molecular formula is C27H57NO3P+. The van der Waals surface area contributed by atoms with Crippen molar-refractivity contribution in [1.29, 1.82) is 0 Å². The zero-order chi connectivity index (χ0) is 24.1. The van der Waals surface area contributed by atoms with Gasteiger partial charge in [0.1, 0.15) is 0 Å². The Morgan fingerprint density at radius 2 is 1.19 bits per heavy atom. The molecule has 0 radical (unpaired) electrons. The molecule has 0 saturated carbocycles. The summed E-state index contributed by atoms with van der Waals surface area (Å²) >= 11 is 0. The highest BCUT2D eigenvalue weighted by Gasteiger charge is 2.41. The maximum atomic E-state index is 12.6. The summed E-state index contributed by atoms with van der Waals surface area (Å²) in [6.07, 6.45) is 26.9. The van der Waals surface area contributed by atoms with E-state index in [1.807, 2.05) is 21.1 Å². The van der Waals surface area contributed by atoms with Gasteiger partial charge >= 0.3 is 7.60 Å². The van der Waals surface area contributed by atoms with Crippen molar-refractivity contribution in [3.63, 3.8) is 0 Å². The van der Waals surface area contributed by atoms with Crippen LogP contribution in [-0.2, 0) is 9.09 Å². The molecule has 0 bridgehead atoms. The lowest BCUT2D eigenvalue weighted by molar-refractivity contribution is -0.883. The number of hydrogen-bond donors (Lipinski definition) is 1. The predicted octanol–water partition coefficient (Wildman–Crippen LogP) is 8.84. The zero-order valence-electron chi connectivity index (χ0n) is 22.3. The van der Waals surface area contributed by atoms with Crippen molar-refractivity contribution >= 4 is 7.60 Å². The Bertz CT molecular complexity index is 488. The van der Waals surface area contributed by atoms with E-state index in [-0.39, 0.29) is 5.78 Å². The van der Waals surface area contributed by atoms with Gasteiger partial charge in [0.15, 0.2) is 5.78 Å². The van der Waals surface area contributed by atoms with Gasteiger partial charge in [-0.25, -0.2) is 0 Å². The lowest BCUT2D eigenvalue weighted by Gasteiger charge is -2.35. The third-order valence-corrected chi connectivity index (χ3v) is 8.52. The average molecular weight is 475 g/mol. The van der Waals surface area contributed by atoms with Gasteiger partial charge in [-0.05, 0) is 32.1 Å². The molecule has 0 aromatic heterocycles. The molecule has 0 aromatic carbocycles. The van der Waals surface area contributed by atoms with Crippen molar-refractivity contribution in [2.45, 2.75) is 135 Å². The molecular weight excluding hydrogens is 417 g/mol. The van der Waals surface area contributed by atoms with Crippen LogP contribution in [-0.4, -0.2) is 42.9 Å². The van der Waals surface area contributed by atoms with E-state index in [0.29, 0.717) is 17.5 Å². The van der Waals surface area contributed by atoms with Crippen LogP contribution in [0.25, 0.3) is 0 Å². The fraction of sp³-hybridized carbons (Fsp3) is 0.926. The van der Waals surface area contributed by atoms with E-state index in [1.54, 1.807) is 0 Å². The van der Waals surface area contributed by atoms with Gasteiger partial charge in [0.05, 0.1) is 27.7 Å². The van der Waals surface area contributed by atoms with Gasteiger partial charge in [0.2, 0.25) is 0 Å². The molecule has 2 unspecified atom stereocenters. The maximum absolute atomic E-state index is 12.6. The topological polar surface area (TPSA) is 46.5 Å². The van der Waals surface area contributed by atoms with E-state index < -0.39 is 7.60 Å². The van der Waals surface area contributed by atoms with E-state index >= 15 is 0 Å². The van der Waals surface area contributed by atoms with E-state index in [9.17, 15) is 9.46 Å². The number of quaternary nitrogens is 1. The van der Waals surface area contributed by atoms with E-state index in [1.165, 1.54) is 89.9 Å². The zero-order valence-corrected chi connectivity index (χ0v) is 23.2. The molecule has 0 aliphatic carbocycles. The second kappa shape index (κ2) is 20.2. The number of rotatable bonds is 23. The Balaban J connectivity index is 3.49. The number of unbranched alkanes of at least 4 members (excludes halogenated alkanes) is 14. The molecule has 0 amide bonds. The molecule has 32 heavy (non-hydrogen) atoms. The SMILES string of the molecule is CCC=CCCCCCCCCCCCCCCCCOP(=O)(O)C(CCC)[N+](C)(C)C. The van der Waals surface area contributed by atoms with Crippen molar-refractivity contribution in [3.8, 4) is 0 Å². The van der Waals surface area contributed by atoms with Crippen LogP contribution >= 0.6 is 7.60 Å². The summed E-state index contributed by atoms with van der Waals surface area (Å²) in [5.41, 5.74) is 0. The Kier molecular flexibility index (Phi) is 20.1. The van der Waals surface area contributed by atoms with Gasteiger partial charge in [0.25, 0.3) is 0 Å². The van der Waals surface area contributed by atoms with Crippen LogP contribution in [0.2, 0.25) is 0 Å². The van der Waals surface area contributed by atoms with Crippen molar-refractivity contribution in [2.75, 3.05) is 27.7 Å². The molecule has 192 valence electrons. The number of hydrogen-bond acceptors (Lipinski definition) is 2. The first-order valence-corrected chi connectivity index (χ1v) is 15.3. The molecule has 4 nitrogen and oxygen atoms in total. The summed E-state index contributed by atoms with van der Waals surface area (Å²) in [5, 5.41) is 0. The van der Waals surface area contributed by atoms with Crippen molar-refractivity contribution in [2.24, 2.45) is 0 Å². The summed E-state index contributed by atoms with van der Waals surface area (Å²) in [4.78, 5) is 10.4. The first-order valence-electron chi connectivity index (χ1n) is 13.7. The minimum atomic E-state index is -3.56. The molecule has 0 spiro atoms. The van der Waals surface area contributed by atoms with Crippen LogP contribution in [0.1, 0.15) is 129 Å². The highest BCUT2D eigenvalue weighted by Crippen LogP contribution is 2.51. The van der Waals surface area contributed by atoms with Crippen molar-refractivity contribution in [1.82, 2.24) is 0 Å².